The van der Waals surface area contributed by atoms with Crippen LogP contribution < -0.4 is 10.6 Å². The zero-order valence-electron chi connectivity index (χ0n) is 42.9. The van der Waals surface area contributed by atoms with E-state index in [1.807, 2.05) is 63.2 Å². The average Bonchev–Trinajstić information content (AvgIpc) is 3.30. The largest absolute Gasteiger partial charge is 0.459 e. The molecule has 0 unspecified atom stereocenters. The third-order valence-corrected chi connectivity index (χ3v) is 14.6. The molecule has 18 nitrogen and oxygen atoms in total. The van der Waals surface area contributed by atoms with Crippen molar-refractivity contribution in [1.29, 1.82) is 0 Å². The Hall–Kier alpha value is -3.30. The van der Waals surface area contributed by atoms with Gasteiger partial charge in [-0.05, 0) is 86.9 Å². The highest BCUT2D eigenvalue weighted by Gasteiger charge is 2.55. The van der Waals surface area contributed by atoms with Crippen LogP contribution in [0.1, 0.15) is 113 Å². The number of hydrogen-bond donors (Lipinski definition) is 5. The average molecular weight is 966 g/mol. The number of methoxy groups -OCH3 is 2. The summed E-state index contributed by atoms with van der Waals surface area (Å²) in [6.07, 6.45) is -9.71. The first kappa shape index (κ1) is 57.3. The Kier molecular flexibility index (Phi) is 20.8. The smallest absolute Gasteiger partial charge is 0.407 e. The van der Waals surface area contributed by atoms with Gasteiger partial charge in [-0.2, -0.15) is 0 Å². The molecule has 5 N–H and O–H groups in total. The van der Waals surface area contributed by atoms with Crippen LogP contribution in [0.25, 0.3) is 0 Å². The molecule has 0 radical (unpaired) electrons. The Labute approximate surface area is 403 Å². The van der Waals surface area contributed by atoms with Gasteiger partial charge in [0.15, 0.2) is 18.7 Å². The number of esters is 1. The highest BCUT2D eigenvalue weighted by Crippen LogP contribution is 2.42. The molecule has 3 heterocycles. The fraction of sp³-hybridized carbons (Fsp3) is 0.800. The van der Waals surface area contributed by atoms with Gasteiger partial charge in [-0.1, -0.05) is 58.0 Å². The molecule has 68 heavy (non-hydrogen) atoms. The van der Waals surface area contributed by atoms with Crippen LogP contribution in [0.15, 0.2) is 30.3 Å². The molecule has 0 spiro atoms. The van der Waals surface area contributed by atoms with Gasteiger partial charge in [0.05, 0.1) is 42.0 Å². The number of carbonyl (C=O) groups excluding carboxylic acids is 4. The van der Waals surface area contributed by atoms with Crippen molar-refractivity contribution in [3.05, 3.63) is 35.9 Å². The van der Waals surface area contributed by atoms with Crippen molar-refractivity contribution in [2.45, 2.75) is 199 Å². The first-order chi connectivity index (χ1) is 31.8. The summed E-state index contributed by atoms with van der Waals surface area (Å²) >= 11 is 0. The maximum atomic E-state index is 14.5. The van der Waals surface area contributed by atoms with Crippen molar-refractivity contribution in [2.24, 2.45) is 23.7 Å². The van der Waals surface area contributed by atoms with Crippen LogP contribution in [-0.4, -0.2) is 163 Å². The van der Waals surface area contributed by atoms with E-state index in [0.29, 0.717) is 19.4 Å². The first-order valence-electron chi connectivity index (χ1n) is 24.3. The molecular formula is C50H83N3O15. The third kappa shape index (κ3) is 14.0. The van der Waals surface area contributed by atoms with E-state index in [1.54, 1.807) is 48.5 Å². The zero-order valence-corrected chi connectivity index (χ0v) is 42.9. The minimum Gasteiger partial charge on any atom is -0.459 e. The van der Waals surface area contributed by atoms with E-state index < -0.39 is 108 Å². The number of Topliss-reactive ketones (excluding diaryl/α,β-unsaturated/α-hetero) is 1. The lowest BCUT2D eigenvalue weighted by Crippen LogP contribution is -2.62. The van der Waals surface area contributed by atoms with E-state index >= 15 is 0 Å². The van der Waals surface area contributed by atoms with Crippen molar-refractivity contribution in [1.82, 2.24) is 15.5 Å². The molecule has 0 aliphatic carbocycles. The monoisotopic (exact) mass is 966 g/mol. The summed E-state index contributed by atoms with van der Waals surface area (Å²) in [5.74, 6) is -4.94. The van der Waals surface area contributed by atoms with Crippen LogP contribution in [0.4, 0.5) is 4.79 Å². The lowest BCUT2D eigenvalue weighted by molar-refractivity contribution is -0.319. The SMILES string of the molecule is CC[C@H]1OC(=O)[C@H](C)[C@@H](O[C@H]2C[C@@](C)(OC)[C@@H](OC(=O)NCCCC(=O)NCc3ccccc3)[C@H](C)O2)[C@H](C)[C@@H](O[C@@H]2O[C@H](C)C[C@H](N(C)C)[C@H]2O)[C@@](C)(OC)C[C@@H](C)C(=O)[C@H](C)[C@@H](O)[C@]1(C)O. The number of hydrogen-bond acceptors (Lipinski definition) is 16. The lowest BCUT2D eigenvalue weighted by Gasteiger charge is -2.50. The molecular weight excluding hydrogens is 883 g/mol. The standard InChI is InChI=1S/C50H83N3O15/c1-15-36-50(10,60)42(57)30(4)39(55)28(2)25-48(8,61-13)43(67-46-40(56)35(53(11)12)24-29(3)63-46)31(5)41(32(6)45(58)65-36)66-38-26-49(9,62-14)44(33(7)64-38)68-47(59)51-23-19-22-37(54)52-27-34-20-17-16-18-21-34/h16-18,20-21,28-33,35-36,38,40-44,46,56-57,60H,15,19,22-27H2,1-14H3,(H,51,59)(H,52,54)/t28-,29-,30+,31+,32-,33+,35+,36-,38+,40-,41+,42-,43-,44+,46+,48+,49-,50-/m1/s1. The molecule has 0 saturated carbocycles. The number of rotatable bonds is 15. The summed E-state index contributed by atoms with van der Waals surface area (Å²) in [5.41, 5.74) is -3.53. The summed E-state index contributed by atoms with van der Waals surface area (Å²) in [6.45, 7) is 17.5. The number of aliphatic hydroxyl groups excluding tert-OH is 2. The van der Waals surface area contributed by atoms with E-state index in [1.165, 1.54) is 21.1 Å². The summed E-state index contributed by atoms with van der Waals surface area (Å²) in [5, 5.41) is 40.7. The highest BCUT2D eigenvalue weighted by atomic mass is 16.7. The normalized spacial score (nSPS) is 39.9. The van der Waals surface area contributed by atoms with Crippen molar-refractivity contribution in [3.8, 4) is 0 Å². The van der Waals surface area contributed by atoms with Gasteiger partial charge in [0.2, 0.25) is 5.91 Å². The third-order valence-electron chi connectivity index (χ3n) is 14.6. The number of benzene rings is 1. The van der Waals surface area contributed by atoms with E-state index in [2.05, 4.69) is 10.6 Å². The molecule has 1 aromatic rings. The van der Waals surface area contributed by atoms with Crippen LogP contribution in [-0.2, 0) is 58.8 Å². The number of ketones is 1. The molecule has 18 atom stereocenters. The molecule has 388 valence electrons. The second-order valence-electron chi connectivity index (χ2n) is 20.3. The van der Waals surface area contributed by atoms with Gasteiger partial charge in [0, 0.05) is 63.9 Å². The fourth-order valence-corrected chi connectivity index (χ4v) is 10.3. The molecule has 3 saturated heterocycles. The Morgan fingerprint density at radius 3 is 2.10 bits per heavy atom. The van der Waals surface area contributed by atoms with Crippen molar-refractivity contribution in [2.75, 3.05) is 34.9 Å². The van der Waals surface area contributed by atoms with Gasteiger partial charge in [-0.25, -0.2) is 4.79 Å². The summed E-state index contributed by atoms with van der Waals surface area (Å²) in [4.78, 5) is 56.2. The maximum absolute atomic E-state index is 14.5. The number of nitrogens with one attached hydrogen (secondary N) is 2. The number of amides is 2. The van der Waals surface area contributed by atoms with Crippen LogP contribution in [0.2, 0.25) is 0 Å². The van der Waals surface area contributed by atoms with Gasteiger partial charge >= 0.3 is 12.1 Å². The quantitative estimate of drug-likeness (QED) is 0.122. The van der Waals surface area contributed by atoms with E-state index in [-0.39, 0.29) is 56.1 Å². The van der Waals surface area contributed by atoms with Crippen molar-refractivity contribution in [3.63, 3.8) is 0 Å². The number of nitrogens with zero attached hydrogens (tertiary/aromatic N) is 1. The Morgan fingerprint density at radius 2 is 1.50 bits per heavy atom. The van der Waals surface area contributed by atoms with Gasteiger partial charge in [-0.3, -0.25) is 14.4 Å². The molecule has 3 aliphatic heterocycles. The van der Waals surface area contributed by atoms with Crippen LogP contribution in [0.5, 0.6) is 0 Å². The van der Waals surface area contributed by atoms with E-state index in [0.717, 1.165) is 5.56 Å². The topological polar surface area (TPSA) is 230 Å². The summed E-state index contributed by atoms with van der Waals surface area (Å²) < 4.78 is 50.9. The number of carbonyl (C=O) groups is 4. The maximum Gasteiger partial charge on any atom is 0.407 e. The predicted octanol–water partition coefficient (Wildman–Crippen LogP) is 4.27. The molecule has 3 fully saturated rings. The molecule has 0 aromatic heterocycles. The number of ether oxygens (including phenoxy) is 8. The Bertz CT molecular complexity index is 1790. The predicted molar refractivity (Wildman–Crippen MR) is 251 cm³/mol. The van der Waals surface area contributed by atoms with Gasteiger partial charge in [-0.15, -0.1) is 0 Å². The second-order valence-corrected chi connectivity index (χ2v) is 20.3. The van der Waals surface area contributed by atoms with E-state index in [9.17, 15) is 34.5 Å². The number of likely N-dealkylation sites (N-methyl/N-ethyl adjacent to an activating group) is 1. The highest BCUT2D eigenvalue weighted by molar-refractivity contribution is 5.83. The van der Waals surface area contributed by atoms with Gasteiger partial charge in [0.25, 0.3) is 0 Å². The Balaban J connectivity index is 1.64. The van der Waals surface area contributed by atoms with Crippen LogP contribution >= 0.6 is 0 Å². The van der Waals surface area contributed by atoms with Crippen LogP contribution in [0, 0.1) is 23.7 Å². The van der Waals surface area contributed by atoms with E-state index in [4.69, 9.17) is 37.9 Å². The van der Waals surface area contributed by atoms with Crippen molar-refractivity contribution < 1.29 is 72.4 Å². The Morgan fingerprint density at radius 1 is 0.868 bits per heavy atom. The zero-order chi connectivity index (χ0) is 50.9. The van der Waals surface area contributed by atoms with Crippen LogP contribution in [0.3, 0.4) is 0 Å². The fourth-order valence-electron chi connectivity index (χ4n) is 10.3. The first-order valence-corrected chi connectivity index (χ1v) is 24.3. The molecule has 1 aromatic carbocycles. The molecule has 18 heteroatoms. The summed E-state index contributed by atoms with van der Waals surface area (Å²) in [6, 6.07) is 9.23. The van der Waals surface area contributed by atoms with Gasteiger partial charge in [0.1, 0.15) is 29.2 Å². The number of alkyl carbamates (subject to hydrolysis) is 1. The van der Waals surface area contributed by atoms with Crippen molar-refractivity contribution >= 4 is 23.8 Å². The second kappa shape index (κ2) is 24.7. The minimum absolute atomic E-state index is 0.0276. The molecule has 2 amide bonds. The minimum atomic E-state index is -2.02. The van der Waals surface area contributed by atoms with Gasteiger partial charge < -0.3 is 68.7 Å². The lowest BCUT2D eigenvalue weighted by atomic mass is 9.74. The molecule has 3 aliphatic rings. The molecule has 0 bridgehead atoms. The summed E-state index contributed by atoms with van der Waals surface area (Å²) in [7, 11) is 6.71. The number of cyclic esters (lactones) is 1. The molecule has 4 rings (SSSR count). The number of aliphatic hydroxyl groups is 3.